The number of morpholine rings is 3. The highest BCUT2D eigenvalue weighted by Crippen LogP contribution is 2.58. The Labute approximate surface area is 414 Å². The van der Waals surface area contributed by atoms with Crippen molar-refractivity contribution >= 4 is 48.7 Å². The SMILES string of the molecule is CN1CCN(C)C1=NP(=O)(OCC1CN(P(=O)(N=C2N(C)CCN2C)OC(C)(C)C)CCO1)N1CCOC(COP(=O)(N=C2N(C)CCN2C)N2CCO[C@@H](COP(=O)([O-])OCCCCCCO)C2)C1. The van der Waals surface area contributed by atoms with Crippen LogP contribution in [0.3, 0.4) is 0 Å². The predicted octanol–water partition coefficient (Wildman–Crippen LogP) is 2.02. The van der Waals surface area contributed by atoms with Gasteiger partial charge in [0.05, 0.1) is 70.2 Å². The second kappa shape index (κ2) is 25.2. The molecule has 30 heteroatoms. The average Bonchev–Trinajstić information content (AvgIpc) is 3.93. The fourth-order valence-electron chi connectivity index (χ4n) is 8.44. The molecule has 404 valence electrons. The number of hydrogen-bond donors (Lipinski definition) is 1. The molecule has 70 heavy (non-hydrogen) atoms. The quantitative estimate of drug-likeness (QED) is 0.113. The van der Waals surface area contributed by atoms with E-state index in [1.54, 1.807) is 14.0 Å². The van der Waals surface area contributed by atoms with Crippen molar-refractivity contribution < 1.29 is 65.1 Å². The number of hydrogen-bond acceptors (Lipinski definition) is 14. The van der Waals surface area contributed by atoms with Crippen LogP contribution in [0.1, 0.15) is 46.5 Å². The van der Waals surface area contributed by atoms with Crippen LogP contribution in [0.5, 0.6) is 0 Å². The summed E-state index contributed by atoms with van der Waals surface area (Å²) in [5, 5.41) is 8.97. The number of ether oxygens (including phenoxy) is 3. The van der Waals surface area contributed by atoms with Gasteiger partial charge < -0.3 is 62.7 Å². The van der Waals surface area contributed by atoms with Crippen LogP contribution in [0.4, 0.5) is 0 Å². The number of aliphatic hydroxyl groups is 1. The molecular weight excluding hydrogens is 996 g/mol. The molecule has 6 unspecified atom stereocenters. The Morgan fingerprint density at radius 1 is 0.529 bits per heavy atom. The lowest BCUT2D eigenvalue weighted by Crippen LogP contribution is -2.46. The zero-order valence-corrected chi connectivity index (χ0v) is 46.2. The first kappa shape index (κ1) is 57.5. The molecule has 6 fully saturated rings. The zero-order chi connectivity index (χ0) is 50.9. The molecule has 0 bridgehead atoms. The Morgan fingerprint density at radius 3 is 1.24 bits per heavy atom. The molecule has 6 aliphatic rings. The van der Waals surface area contributed by atoms with Crippen molar-refractivity contribution in [2.75, 3.05) is 174 Å². The second-order valence-corrected chi connectivity index (χ2v) is 26.8. The molecule has 6 rings (SSSR count). The number of rotatable bonds is 23. The van der Waals surface area contributed by atoms with E-state index in [0.29, 0.717) is 69.9 Å². The van der Waals surface area contributed by atoms with Gasteiger partial charge in [0.1, 0.15) is 0 Å². The molecule has 0 aliphatic carbocycles. The van der Waals surface area contributed by atoms with Crippen LogP contribution >= 0.6 is 30.8 Å². The lowest BCUT2D eigenvalue weighted by Gasteiger charge is -2.39. The molecule has 0 aromatic rings. The minimum absolute atomic E-state index is 0.0259. The van der Waals surface area contributed by atoms with E-state index in [0.717, 1.165) is 19.5 Å². The molecule has 0 saturated carbocycles. The van der Waals surface area contributed by atoms with Gasteiger partial charge in [0, 0.05) is 127 Å². The van der Waals surface area contributed by atoms with E-state index in [4.69, 9.17) is 56.2 Å². The van der Waals surface area contributed by atoms with Crippen LogP contribution in [0.2, 0.25) is 0 Å². The molecule has 0 radical (unpaired) electrons. The maximum Gasteiger partial charge on any atom is 0.393 e. The van der Waals surface area contributed by atoms with E-state index in [9.17, 15) is 14.0 Å². The maximum absolute atomic E-state index is 15.4. The summed E-state index contributed by atoms with van der Waals surface area (Å²) in [5.74, 6) is 1.52. The number of likely N-dealkylation sites (N-methyl/N-ethyl adjacent to an activating group) is 6. The third-order valence-electron chi connectivity index (χ3n) is 12.4. The Bertz CT molecular complexity index is 1990. The van der Waals surface area contributed by atoms with Crippen molar-refractivity contribution in [2.45, 2.75) is 70.4 Å². The number of guanidine groups is 3. The van der Waals surface area contributed by atoms with Gasteiger partial charge in [-0.05, 0) is 33.6 Å². The predicted molar refractivity (Wildman–Crippen MR) is 263 cm³/mol. The van der Waals surface area contributed by atoms with Gasteiger partial charge in [-0.2, -0.15) is 14.3 Å². The normalized spacial score (nSPS) is 27.2. The molecule has 1 N–H and O–H groups in total. The summed E-state index contributed by atoms with van der Waals surface area (Å²) < 4.78 is 125. The maximum atomic E-state index is 15.4. The van der Waals surface area contributed by atoms with Crippen molar-refractivity contribution in [2.24, 2.45) is 14.3 Å². The highest BCUT2D eigenvalue weighted by molar-refractivity contribution is 7.56. The average molecular weight is 1080 g/mol. The van der Waals surface area contributed by atoms with Crippen LogP contribution in [-0.2, 0) is 55.1 Å². The van der Waals surface area contributed by atoms with E-state index < -0.39 is 54.7 Å². The van der Waals surface area contributed by atoms with Gasteiger partial charge in [-0.1, -0.05) is 12.8 Å². The van der Waals surface area contributed by atoms with E-state index >= 15 is 9.13 Å². The van der Waals surface area contributed by atoms with E-state index in [1.165, 1.54) is 0 Å². The molecule has 0 aromatic carbocycles. The van der Waals surface area contributed by atoms with Crippen LogP contribution in [0.15, 0.2) is 14.3 Å². The lowest BCUT2D eigenvalue weighted by atomic mass is 10.2. The molecule has 6 aliphatic heterocycles. The fraction of sp³-hybridized carbons (Fsp3) is 0.925. The van der Waals surface area contributed by atoms with Crippen LogP contribution in [0, 0.1) is 0 Å². The van der Waals surface area contributed by atoms with Gasteiger partial charge in [-0.15, -0.1) is 0 Å². The summed E-state index contributed by atoms with van der Waals surface area (Å²) in [4.78, 5) is 24.1. The topological polar surface area (TPSA) is 252 Å². The number of phosphoric acid groups is 1. The largest absolute Gasteiger partial charge is 0.756 e. The van der Waals surface area contributed by atoms with Crippen molar-refractivity contribution in [1.29, 1.82) is 0 Å². The molecular formula is C40H79N12O14P4-. The smallest absolute Gasteiger partial charge is 0.393 e. The molecule has 0 amide bonds. The number of nitrogens with zero attached hydrogens (tertiary/aromatic N) is 12. The minimum atomic E-state index is -4.66. The van der Waals surface area contributed by atoms with Crippen LogP contribution in [-0.4, -0.2) is 264 Å². The van der Waals surface area contributed by atoms with Crippen molar-refractivity contribution in [3.63, 3.8) is 0 Å². The Morgan fingerprint density at radius 2 is 0.871 bits per heavy atom. The molecule has 0 aromatic heterocycles. The monoisotopic (exact) mass is 1080 g/mol. The summed E-state index contributed by atoms with van der Waals surface area (Å²) in [5.41, 5.74) is -0.784. The zero-order valence-electron chi connectivity index (χ0n) is 42.6. The standard InChI is InChI=1S/C40H80N12O14P4/c1-40(2,3)66-69(56,43-39-48(8)18-19-49(39)9)52-22-27-60-35(30-52)32-64-67(54,41-37-44(4)14-15-45(37)5)50-20-25-59-34(28-50)31-63-68(55,42-38-46(6)16-17-47(38)7)51-21-26-61-36(29-51)33-65-70(57,58)62-24-13-11-10-12-23-53/h34-36,53H,10-33H2,1-9H3,(H,57,58)/p-1/t34?,35?,36-,67?,68?,69?/m1/s1. The highest BCUT2D eigenvalue weighted by atomic mass is 31.2. The summed E-state index contributed by atoms with van der Waals surface area (Å²) in [6.45, 7) is 10.1. The first-order valence-corrected chi connectivity index (χ1v) is 30.3. The van der Waals surface area contributed by atoms with Gasteiger partial charge in [-0.3, -0.25) is 18.1 Å². The van der Waals surface area contributed by atoms with E-state index in [-0.39, 0.29) is 85.6 Å². The number of unbranched alkanes of at least 4 members (excludes halogenated alkanes) is 3. The molecule has 0 spiro atoms. The summed E-state index contributed by atoms with van der Waals surface area (Å²) >= 11 is 0. The number of phosphoric ester groups is 1. The highest BCUT2D eigenvalue weighted by Gasteiger charge is 2.45. The first-order valence-electron chi connectivity index (χ1n) is 24.2. The minimum Gasteiger partial charge on any atom is -0.756 e. The summed E-state index contributed by atoms with van der Waals surface area (Å²) in [6, 6.07) is 0. The molecule has 6 heterocycles. The van der Waals surface area contributed by atoms with E-state index in [1.807, 2.05) is 92.5 Å². The van der Waals surface area contributed by atoms with Crippen molar-refractivity contribution in [3.8, 4) is 0 Å². The lowest BCUT2D eigenvalue weighted by molar-refractivity contribution is -0.228. The summed E-state index contributed by atoms with van der Waals surface area (Å²) in [7, 11) is -5.44. The molecule has 6 saturated heterocycles. The van der Waals surface area contributed by atoms with Gasteiger partial charge in [0.2, 0.25) is 17.9 Å². The third-order valence-corrected chi connectivity index (χ3v) is 19.7. The fourth-order valence-corrected chi connectivity index (χ4v) is 15.4. The van der Waals surface area contributed by atoms with Gasteiger partial charge in [0.15, 0.2) is 0 Å². The first-order chi connectivity index (χ1) is 33.0. The van der Waals surface area contributed by atoms with Gasteiger partial charge >= 0.3 is 23.0 Å². The van der Waals surface area contributed by atoms with Gasteiger partial charge in [-0.25, -0.2) is 27.7 Å². The van der Waals surface area contributed by atoms with Gasteiger partial charge in [0.25, 0.3) is 7.82 Å². The Balaban J connectivity index is 1.16. The Hall–Kier alpha value is -1.79. The third kappa shape index (κ3) is 15.9. The van der Waals surface area contributed by atoms with Crippen LogP contribution < -0.4 is 4.89 Å². The molecule has 7 atom stereocenters. The second-order valence-electron chi connectivity index (χ2n) is 19.4. The summed E-state index contributed by atoms with van der Waals surface area (Å²) in [6.07, 6.45) is 0.352. The Kier molecular flexibility index (Phi) is 20.7. The number of aliphatic hydroxyl groups excluding tert-OH is 1. The van der Waals surface area contributed by atoms with Crippen molar-refractivity contribution in [1.82, 2.24) is 43.4 Å². The van der Waals surface area contributed by atoms with Crippen molar-refractivity contribution in [3.05, 3.63) is 0 Å². The van der Waals surface area contributed by atoms with E-state index in [2.05, 4.69) is 0 Å². The van der Waals surface area contributed by atoms with Crippen LogP contribution in [0.25, 0.3) is 0 Å². The molecule has 26 nitrogen and oxygen atoms in total.